The molecule has 2 aromatic heterocycles. The summed E-state index contributed by atoms with van der Waals surface area (Å²) in [5.41, 5.74) is 0.534. The van der Waals surface area contributed by atoms with E-state index in [-0.39, 0.29) is 36.5 Å². The molecular formula is C18H14F4N4O5. The number of carbonyl (C=O) groups is 1. The molecule has 9 nitrogen and oxygen atoms in total. The monoisotopic (exact) mass is 442 g/mol. The molecule has 164 valence electrons. The van der Waals surface area contributed by atoms with E-state index in [4.69, 9.17) is 9.15 Å². The number of halogens is 4. The van der Waals surface area contributed by atoms with Crippen LogP contribution in [0.15, 0.2) is 28.7 Å². The summed E-state index contributed by atoms with van der Waals surface area (Å²) in [6.45, 7) is 1.26. The molecule has 0 saturated carbocycles. The SMILES string of the molecule is Cc1cc([N+](=O)[O-])nn1CCNC(=O)c1ccc(COc2c(F)c(F)cc(F)c2F)o1. The number of aromatic nitrogens is 2. The van der Waals surface area contributed by atoms with Crippen LogP contribution in [0.3, 0.4) is 0 Å². The van der Waals surface area contributed by atoms with Crippen LogP contribution in [0.25, 0.3) is 0 Å². The average molecular weight is 442 g/mol. The molecule has 3 aromatic rings. The lowest BCUT2D eigenvalue weighted by molar-refractivity contribution is -0.389. The fraction of sp³-hybridized carbons (Fsp3) is 0.222. The first-order valence-corrected chi connectivity index (χ1v) is 8.69. The number of benzene rings is 1. The Bertz CT molecular complexity index is 1120. The van der Waals surface area contributed by atoms with Crippen molar-refractivity contribution in [2.75, 3.05) is 6.54 Å². The van der Waals surface area contributed by atoms with Crippen molar-refractivity contribution in [1.29, 1.82) is 0 Å². The minimum Gasteiger partial charge on any atom is -0.479 e. The Morgan fingerprint density at radius 2 is 1.90 bits per heavy atom. The van der Waals surface area contributed by atoms with E-state index in [1.54, 1.807) is 6.92 Å². The van der Waals surface area contributed by atoms with Crippen LogP contribution in [0.2, 0.25) is 0 Å². The molecule has 31 heavy (non-hydrogen) atoms. The van der Waals surface area contributed by atoms with Crippen LogP contribution in [-0.2, 0) is 13.2 Å². The molecule has 0 saturated heterocycles. The van der Waals surface area contributed by atoms with E-state index in [2.05, 4.69) is 10.4 Å². The van der Waals surface area contributed by atoms with Crippen LogP contribution in [0.5, 0.6) is 5.75 Å². The number of aryl methyl sites for hydroxylation is 1. The summed E-state index contributed by atoms with van der Waals surface area (Å²) in [5.74, 6) is -9.03. The molecule has 0 unspecified atom stereocenters. The van der Waals surface area contributed by atoms with Gasteiger partial charge in [0.2, 0.25) is 11.6 Å². The van der Waals surface area contributed by atoms with E-state index in [0.29, 0.717) is 5.69 Å². The highest BCUT2D eigenvalue weighted by Gasteiger charge is 2.21. The van der Waals surface area contributed by atoms with E-state index < -0.39 is 46.5 Å². The lowest BCUT2D eigenvalue weighted by atomic mass is 10.3. The maximum atomic E-state index is 13.6. The zero-order valence-electron chi connectivity index (χ0n) is 15.8. The summed E-state index contributed by atoms with van der Waals surface area (Å²) in [7, 11) is 0. The van der Waals surface area contributed by atoms with Crippen LogP contribution in [-0.4, -0.2) is 27.2 Å². The highest BCUT2D eigenvalue weighted by Crippen LogP contribution is 2.27. The second kappa shape index (κ2) is 8.85. The van der Waals surface area contributed by atoms with Gasteiger partial charge < -0.3 is 24.6 Å². The molecule has 0 fully saturated rings. The van der Waals surface area contributed by atoms with Gasteiger partial charge in [-0.25, -0.2) is 8.78 Å². The molecule has 13 heteroatoms. The predicted molar refractivity (Wildman–Crippen MR) is 95.3 cm³/mol. The summed E-state index contributed by atoms with van der Waals surface area (Å²) < 4.78 is 64.8. The van der Waals surface area contributed by atoms with Gasteiger partial charge in [0.25, 0.3) is 5.91 Å². The first kappa shape index (κ1) is 21.8. The highest BCUT2D eigenvalue weighted by molar-refractivity contribution is 5.91. The summed E-state index contributed by atoms with van der Waals surface area (Å²) >= 11 is 0. The smallest absolute Gasteiger partial charge is 0.390 e. The molecule has 3 rings (SSSR count). The van der Waals surface area contributed by atoms with Gasteiger partial charge in [0.15, 0.2) is 23.1 Å². The Labute approximate surface area is 171 Å². The van der Waals surface area contributed by atoms with Crippen LogP contribution in [0.4, 0.5) is 23.4 Å². The summed E-state index contributed by atoms with van der Waals surface area (Å²) in [6, 6.07) is 3.88. The van der Waals surface area contributed by atoms with Crippen LogP contribution >= 0.6 is 0 Å². The minimum atomic E-state index is -1.70. The molecular weight excluding hydrogens is 428 g/mol. The first-order chi connectivity index (χ1) is 14.7. The number of hydrogen-bond donors (Lipinski definition) is 1. The summed E-state index contributed by atoms with van der Waals surface area (Å²) in [6.07, 6.45) is 0. The van der Waals surface area contributed by atoms with Gasteiger partial charge in [-0.3, -0.25) is 4.79 Å². The average Bonchev–Trinajstić information content (AvgIpc) is 3.33. The van der Waals surface area contributed by atoms with Gasteiger partial charge in [-0.05, 0) is 24.0 Å². The van der Waals surface area contributed by atoms with Crippen LogP contribution < -0.4 is 10.1 Å². The zero-order chi connectivity index (χ0) is 22.7. The van der Waals surface area contributed by atoms with Crippen molar-refractivity contribution in [3.05, 3.63) is 74.9 Å². The maximum absolute atomic E-state index is 13.6. The van der Waals surface area contributed by atoms with Crippen molar-refractivity contribution in [3.63, 3.8) is 0 Å². The van der Waals surface area contributed by atoms with Gasteiger partial charge in [0.1, 0.15) is 12.4 Å². The lowest BCUT2D eigenvalue weighted by Crippen LogP contribution is -2.27. The Morgan fingerprint density at radius 1 is 1.23 bits per heavy atom. The van der Waals surface area contributed by atoms with Crippen molar-refractivity contribution in [3.8, 4) is 5.75 Å². The second-order valence-corrected chi connectivity index (χ2v) is 6.23. The van der Waals surface area contributed by atoms with Gasteiger partial charge in [0, 0.05) is 12.6 Å². The summed E-state index contributed by atoms with van der Waals surface area (Å²) in [4.78, 5) is 22.2. The van der Waals surface area contributed by atoms with Gasteiger partial charge in [0.05, 0.1) is 23.4 Å². The fourth-order valence-electron chi connectivity index (χ4n) is 2.57. The fourth-order valence-corrected chi connectivity index (χ4v) is 2.57. The number of ether oxygens (including phenoxy) is 1. The standard InChI is InChI=1S/C18H14F4N4O5/c1-9-6-14(26(28)29)24-25(9)5-4-23-18(27)13-3-2-10(31-13)8-30-17-15(21)11(19)7-12(20)16(17)22/h2-3,6-7H,4-5,8H2,1H3,(H,23,27). The molecule has 0 aliphatic rings. The molecule has 0 spiro atoms. The van der Waals surface area contributed by atoms with Gasteiger partial charge in [-0.15, -0.1) is 0 Å². The number of furan rings is 1. The van der Waals surface area contributed by atoms with Gasteiger partial charge in [-0.1, -0.05) is 0 Å². The molecule has 1 aromatic carbocycles. The van der Waals surface area contributed by atoms with E-state index >= 15 is 0 Å². The number of nitrogens with zero attached hydrogens (tertiary/aromatic N) is 3. The largest absolute Gasteiger partial charge is 0.479 e. The van der Waals surface area contributed by atoms with Crippen molar-refractivity contribution in [1.82, 2.24) is 15.1 Å². The second-order valence-electron chi connectivity index (χ2n) is 6.23. The van der Waals surface area contributed by atoms with Gasteiger partial charge in [-0.2, -0.15) is 13.5 Å². The molecule has 0 bridgehead atoms. The van der Waals surface area contributed by atoms with E-state index in [1.165, 1.54) is 22.9 Å². The Balaban J connectivity index is 1.56. The number of hydrogen-bond acceptors (Lipinski definition) is 6. The Morgan fingerprint density at radius 3 is 2.52 bits per heavy atom. The number of amides is 1. The lowest BCUT2D eigenvalue weighted by Gasteiger charge is -2.08. The van der Waals surface area contributed by atoms with Crippen molar-refractivity contribution in [2.45, 2.75) is 20.1 Å². The molecule has 0 atom stereocenters. The first-order valence-electron chi connectivity index (χ1n) is 8.69. The van der Waals surface area contributed by atoms with Crippen molar-refractivity contribution < 1.29 is 36.4 Å². The number of nitro groups is 1. The third-order valence-electron chi connectivity index (χ3n) is 4.08. The molecule has 1 N–H and O–H groups in total. The van der Waals surface area contributed by atoms with E-state index in [0.717, 1.165) is 0 Å². The highest BCUT2D eigenvalue weighted by atomic mass is 19.2. The van der Waals surface area contributed by atoms with E-state index in [9.17, 15) is 32.5 Å². The normalized spacial score (nSPS) is 10.9. The number of carbonyl (C=O) groups excluding carboxylic acids is 1. The number of nitrogens with one attached hydrogen (secondary N) is 1. The van der Waals surface area contributed by atoms with Crippen LogP contribution in [0.1, 0.15) is 22.0 Å². The predicted octanol–water partition coefficient (Wildman–Crippen LogP) is 3.26. The van der Waals surface area contributed by atoms with Crippen molar-refractivity contribution >= 4 is 11.7 Å². The Kier molecular flexibility index (Phi) is 6.22. The molecule has 2 heterocycles. The third-order valence-corrected chi connectivity index (χ3v) is 4.08. The molecule has 0 aliphatic heterocycles. The zero-order valence-corrected chi connectivity index (χ0v) is 15.8. The van der Waals surface area contributed by atoms with E-state index in [1.807, 2.05) is 0 Å². The topological polar surface area (TPSA) is 112 Å². The van der Waals surface area contributed by atoms with Crippen molar-refractivity contribution in [2.24, 2.45) is 0 Å². The molecule has 0 radical (unpaired) electrons. The molecule has 1 amide bonds. The quantitative estimate of drug-likeness (QED) is 0.248. The summed E-state index contributed by atoms with van der Waals surface area (Å²) in [5, 5.41) is 17.0. The minimum absolute atomic E-state index is 0.0350. The van der Waals surface area contributed by atoms with Crippen LogP contribution in [0, 0.1) is 40.3 Å². The third kappa shape index (κ3) is 4.82. The number of rotatable bonds is 8. The van der Waals surface area contributed by atoms with Gasteiger partial charge >= 0.3 is 5.82 Å². The maximum Gasteiger partial charge on any atom is 0.390 e. The Hall–Kier alpha value is -3.90. The molecule has 0 aliphatic carbocycles.